The van der Waals surface area contributed by atoms with Gasteiger partial charge in [0.2, 0.25) is 11.8 Å². The molecule has 0 radical (unpaired) electrons. The lowest BCUT2D eigenvalue weighted by molar-refractivity contribution is -0.136. The Hall–Kier alpha value is -2.16. The first-order chi connectivity index (χ1) is 13.4. The molecule has 0 saturated carbocycles. The van der Waals surface area contributed by atoms with Crippen molar-refractivity contribution in [3.8, 4) is 5.75 Å². The molecule has 1 saturated heterocycles. The van der Waals surface area contributed by atoms with Crippen LogP contribution in [0.2, 0.25) is 0 Å². The fraction of sp³-hybridized carbons (Fsp3) is 0.600. The highest BCUT2D eigenvalue weighted by atomic mass is 16.5. The summed E-state index contributed by atoms with van der Waals surface area (Å²) in [7, 11) is 5.24. The van der Waals surface area contributed by atoms with Gasteiger partial charge in [-0.25, -0.2) is 0 Å². The number of carbonyl (C=O) groups excluding carboxylic acids is 2. The van der Waals surface area contributed by atoms with Gasteiger partial charge in [-0.3, -0.25) is 9.59 Å². The van der Waals surface area contributed by atoms with Crippen LogP contribution >= 0.6 is 0 Å². The summed E-state index contributed by atoms with van der Waals surface area (Å²) in [6, 6.07) is 7.28. The van der Waals surface area contributed by atoms with Crippen LogP contribution < -0.4 is 15.4 Å². The summed E-state index contributed by atoms with van der Waals surface area (Å²) in [6.07, 6.45) is 0.730. The molecule has 1 aliphatic rings. The zero-order chi connectivity index (χ0) is 20.5. The number of aliphatic hydroxyl groups is 1. The van der Waals surface area contributed by atoms with Crippen LogP contribution in [0.5, 0.6) is 5.75 Å². The van der Waals surface area contributed by atoms with Crippen molar-refractivity contribution in [1.82, 2.24) is 15.5 Å². The first-order valence-corrected chi connectivity index (χ1v) is 9.52. The summed E-state index contributed by atoms with van der Waals surface area (Å²) < 4.78 is 11.1. The lowest BCUT2D eigenvalue weighted by Crippen LogP contribution is -2.52. The summed E-state index contributed by atoms with van der Waals surface area (Å²) in [6.45, 7) is 0.456. The Labute approximate surface area is 166 Å². The normalized spacial score (nSPS) is 22.0. The monoisotopic (exact) mass is 393 g/mol. The summed E-state index contributed by atoms with van der Waals surface area (Å²) >= 11 is 0. The maximum atomic E-state index is 12.3. The number of aliphatic hydroxyl groups excluding tert-OH is 1. The molecule has 2 rings (SSSR count). The van der Waals surface area contributed by atoms with Crippen LogP contribution in [0, 0.1) is 0 Å². The number of nitrogens with one attached hydrogen (secondary N) is 2. The number of ether oxygens (including phenoxy) is 2. The molecule has 8 nitrogen and oxygen atoms in total. The predicted molar refractivity (Wildman–Crippen MR) is 105 cm³/mol. The molecule has 3 N–H and O–H groups in total. The number of rotatable bonds is 9. The predicted octanol–water partition coefficient (Wildman–Crippen LogP) is 0.288. The van der Waals surface area contributed by atoms with E-state index in [1.807, 2.05) is 38.4 Å². The fourth-order valence-corrected chi connectivity index (χ4v) is 3.31. The Morgan fingerprint density at radius 3 is 2.68 bits per heavy atom. The summed E-state index contributed by atoms with van der Waals surface area (Å²) in [5, 5.41) is 15.4. The van der Waals surface area contributed by atoms with Gasteiger partial charge in [0.05, 0.1) is 38.8 Å². The minimum atomic E-state index is -0.508. The van der Waals surface area contributed by atoms with Crippen molar-refractivity contribution in [1.29, 1.82) is 0 Å². The van der Waals surface area contributed by atoms with E-state index in [9.17, 15) is 14.7 Å². The second kappa shape index (κ2) is 11.0. The van der Waals surface area contributed by atoms with E-state index in [1.54, 1.807) is 12.0 Å². The van der Waals surface area contributed by atoms with Gasteiger partial charge in [-0.05, 0) is 33.0 Å². The number of benzene rings is 1. The van der Waals surface area contributed by atoms with Crippen molar-refractivity contribution in [2.75, 3.05) is 34.4 Å². The van der Waals surface area contributed by atoms with Gasteiger partial charge in [-0.1, -0.05) is 18.2 Å². The topological polar surface area (TPSA) is 100 Å². The van der Waals surface area contributed by atoms with Gasteiger partial charge in [0, 0.05) is 12.1 Å². The van der Waals surface area contributed by atoms with E-state index in [2.05, 4.69) is 10.6 Å². The smallest absolute Gasteiger partial charge is 0.234 e. The molecule has 1 aromatic rings. The second-order valence-electron chi connectivity index (χ2n) is 7.26. The third kappa shape index (κ3) is 6.78. The lowest BCUT2D eigenvalue weighted by Gasteiger charge is -2.36. The van der Waals surface area contributed by atoms with Gasteiger partial charge in [-0.2, -0.15) is 0 Å². The first kappa shape index (κ1) is 22.1. The number of hydrogen-bond donors (Lipinski definition) is 3. The Kier molecular flexibility index (Phi) is 8.69. The molecule has 1 aliphatic heterocycles. The molecular formula is C20H31N3O5. The van der Waals surface area contributed by atoms with Gasteiger partial charge in [0.15, 0.2) is 0 Å². The summed E-state index contributed by atoms with van der Waals surface area (Å²) in [5.41, 5.74) is 0.903. The molecule has 0 spiro atoms. The van der Waals surface area contributed by atoms with Crippen LogP contribution in [0.4, 0.5) is 0 Å². The Morgan fingerprint density at radius 2 is 2.00 bits per heavy atom. The van der Waals surface area contributed by atoms with Gasteiger partial charge < -0.3 is 30.1 Å². The van der Waals surface area contributed by atoms with Crippen LogP contribution in [-0.4, -0.2) is 74.4 Å². The van der Waals surface area contributed by atoms with Crippen molar-refractivity contribution in [3.05, 3.63) is 29.8 Å². The minimum Gasteiger partial charge on any atom is -0.496 e. The standard InChI is InChI=1S/C20H31N3O5/c1-23(2)12-20(26)22-16-9-8-15(28-18(16)13-24)10-19(25)21-11-14-6-4-5-7-17(14)27-3/h4-7,15-16,18,24H,8-13H2,1-3H3,(H,21,25)(H,22,26)/t15-,16-,18-/m1/s1. The highest BCUT2D eigenvalue weighted by Gasteiger charge is 2.32. The van der Waals surface area contributed by atoms with Gasteiger partial charge in [0.25, 0.3) is 0 Å². The molecular weight excluding hydrogens is 362 g/mol. The number of carbonyl (C=O) groups is 2. The molecule has 0 bridgehead atoms. The number of amides is 2. The maximum Gasteiger partial charge on any atom is 0.234 e. The molecule has 2 amide bonds. The molecule has 1 fully saturated rings. The van der Waals surface area contributed by atoms with Gasteiger partial charge in [-0.15, -0.1) is 0 Å². The lowest BCUT2D eigenvalue weighted by atomic mass is 9.97. The van der Waals surface area contributed by atoms with E-state index in [0.717, 1.165) is 11.3 Å². The fourth-order valence-electron chi connectivity index (χ4n) is 3.31. The Bertz CT molecular complexity index is 652. The first-order valence-electron chi connectivity index (χ1n) is 9.52. The Morgan fingerprint density at radius 1 is 1.25 bits per heavy atom. The van der Waals surface area contributed by atoms with Crippen molar-refractivity contribution in [2.24, 2.45) is 0 Å². The van der Waals surface area contributed by atoms with E-state index in [-0.39, 0.29) is 43.5 Å². The number of hydrogen-bond acceptors (Lipinski definition) is 6. The molecule has 1 heterocycles. The highest BCUT2D eigenvalue weighted by Crippen LogP contribution is 2.22. The quantitative estimate of drug-likeness (QED) is 0.558. The van der Waals surface area contributed by atoms with Crippen LogP contribution in [0.3, 0.4) is 0 Å². The molecule has 28 heavy (non-hydrogen) atoms. The van der Waals surface area contributed by atoms with Gasteiger partial charge in [0.1, 0.15) is 11.9 Å². The molecule has 156 valence electrons. The highest BCUT2D eigenvalue weighted by molar-refractivity contribution is 5.78. The molecule has 8 heteroatoms. The zero-order valence-corrected chi connectivity index (χ0v) is 16.8. The van der Waals surface area contributed by atoms with E-state index >= 15 is 0 Å². The number of methoxy groups -OCH3 is 1. The van der Waals surface area contributed by atoms with Crippen LogP contribution in [0.1, 0.15) is 24.8 Å². The summed E-state index contributed by atoms with van der Waals surface area (Å²) in [5.74, 6) is 0.501. The van der Waals surface area contributed by atoms with Crippen molar-refractivity contribution in [2.45, 2.75) is 44.1 Å². The third-order valence-electron chi connectivity index (χ3n) is 4.68. The molecule has 1 aromatic carbocycles. The molecule has 3 atom stereocenters. The second-order valence-corrected chi connectivity index (χ2v) is 7.26. The van der Waals surface area contributed by atoms with E-state index in [4.69, 9.17) is 9.47 Å². The number of para-hydroxylation sites is 1. The van der Waals surface area contributed by atoms with Crippen molar-refractivity contribution >= 4 is 11.8 Å². The molecule has 0 aromatic heterocycles. The average molecular weight is 393 g/mol. The number of nitrogens with zero attached hydrogens (tertiary/aromatic N) is 1. The third-order valence-corrected chi connectivity index (χ3v) is 4.68. The van der Waals surface area contributed by atoms with Crippen LogP contribution in [-0.2, 0) is 20.9 Å². The number of likely N-dealkylation sites (N-methyl/N-ethyl adjacent to an activating group) is 1. The SMILES string of the molecule is COc1ccccc1CNC(=O)C[C@H]1CC[C@@H](NC(=O)CN(C)C)[C@@H](CO)O1. The van der Waals surface area contributed by atoms with Crippen molar-refractivity contribution in [3.63, 3.8) is 0 Å². The minimum absolute atomic E-state index is 0.106. The average Bonchev–Trinajstić information content (AvgIpc) is 2.67. The van der Waals surface area contributed by atoms with Crippen LogP contribution in [0.15, 0.2) is 24.3 Å². The largest absolute Gasteiger partial charge is 0.496 e. The van der Waals surface area contributed by atoms with Crippen LogP contribution in [0.25, 0.3) is 0 Å². The summed E-state index contributed by atoms with van der Waals surface area (Å²) in [4.78, 5) is 26.0. The van der Waals surface area contributed by atoms with Gasteiger partial charge >= 0.3 is 0 Å². The van der Waals surface area contributed by atoms with E-state index < -0.39 is 6.10 Å². The van der Waals surface area contributed by atoms with Crippen molar-refractivity contribution < 1.29 is 24.2 Å². The Balaban J connectivity index is 1.80. The molecule has 0 aliphatic carbocycles. The van der Waals surface area contributed by atoms with E-state index in [0.29, 0.717) is 19.4 Å². The molecule has 0 unspecified atom stereocenters. The maximum absolute atomic E-state index is 12.3. The zero-order valence-electron chi connectivity index (χ0n) is 16.8. The van der Waals surface area contributed by atoms with E-state index in [1.165, 1.54) is 0 Å².